The minimum absolute atomic E-state index is 0.100. The Morgan fingerprint density at radius 3 is 2.74 bits per heavy atom. The Bertz CT molecular complexity index is 1340. The maximum atomic E-state index is 14.5. The summed E-state index contributed by atoms with van der Waals surface area (Å²) < 4.78 is 27.3. The maximum Gasteiger partial charge on any atom is 0.207 e. The summed E-state index contributed by atoms with van der Waals surface area (Å²) in [5, 5.41) is 6.44. The van der Waals surface area contributed by atoms with Gasteiger partial charge < -0.3 is 9.47 Å². The molecule has 174 valence electrons. The molecule has 0 aliphatic carbocycles. The SMILES string of the molecule is C=CCN1CC[C@@H](n2nc(-c3ccc(Oc4cccc(OC)c4F)cc3)c3cncc(Cl)c32)C1. The van der Waals surface area contributed by atoms with E-state index < -0.39 is 5.82 Å². The highest BCUT2D eigenvalue weighted by Gasteiger charge is 2.27. The average Bonchev–Trinajstić information content (AvgIpc) is 3.47. The Balaban J connectivity index is 1.47. The van der Waals surface area contributed by atoms with Crippen molar-refractivity contribution in [1.82, 2.24) is 19.7 Å². The van der Waals surface area contributed by atoms with Crippen molar-refractivity contribution in [2.45, 2.75) is 12.5 Å². The molecule has 1 atom stereocenters. The van der Waals surface area contributed by atoms with Gasteiger partial charge in [-0.05, 0) is 42.8 Å². The number of hydrogen-bond donors (Lipinski definition) is 0. The minimum Gasteiger partial charge on any atom is -0.494 e. The van der Waals surface area contributed by atoms with Crippen LogP contribution in [0.3, 0.4) is 0 Å². The van der Waals surface area contributed by atoms with Crippen LogP contribution >= 0.6 is 11.6 Å². The fraction of sp³-hybridized carbons (Fsp3) is 0.231. The summed E-state index contributed by atoms with van der Waals surface area (Å²) in [7, 11) is 1.42. The predicted molar refractivity (Wildman–Crippen MR) is 131 cm³/mol. The number of rotatable bonds is 7. The van der Waals surface area contributed by atoms with E-state index in [1.54, 1.807) is 42.7 Å². The van der Waals surface area contributed by atoms with Crippen molar-refractivity contribution >= 4 is 22.5 Å². The number of pyridine rings is 1. The molecular formula is C26H24ClFN4O2. The van der Waals surface area contributed by atoms with Crippen LogP contribution in [0.2, 0.25) is 5.02 Å². The number of fused-ring (bicyclic) bond motifs is 1. The van der Waals surface area contributed by atoms with E-state index in [1.807, 2.05) is 22.9 Å². The van der Waals surface area contributed by atoms with E-state index in [1.165, 1.54) is 7.11 Å². The second-order valence-electron chi connectivity index (χ2n) is 8.20. The second-order valence-corrected chi connectivity index (χ2v) is 8.61. The Kier molecular flexibility index (Phi) is 6.22. The molecule has 0 amide bonds. The molecule has 6 nitrogen and oxygen atoms in total. The van der Waals surface area contributed by atoms with Crippen LogP contribution in [0.1, 0.15) is 12.5 Å². The first-order valence-corrected chi connectivity index (χ1v) is 11.4. The van der Waals surface area contributed by atoms with Crippen molar-refractivity contribution < 1.29 is 13.9 Å². The van der Waals surface area contributed by atoms with Crippen molar-refractivity contribution in [3.05, 3.63) is 78.4 Å². The zero-order valence-electron chi connectivity index (χ0n) is 18.7. The van der Waals surface area contributed by atoms with Gasteiger partial charge in [0.1, 0.15) is 11.4 Å². The molecule has 3 heterocycles. The van der Waals surface area contributed by atoms with E-state index in [9.17, 15) is 4.39 Å². The molecule has 5 rings (SSSR count). The maximum absolute atomic E-state index is 14.5. The molecule has 1 saturated heterocycles. The highest BCUT2D eigenvalue weighted by molar-refractivity contribution is 6.35. The molecule has 1 aliphatic rings. The quantitative estimate of drug-likeness (QED) is 0.299. The van der Waals surface area contributed by atoms with Crippen LogP contribution in [0, 0.1) is 5.82 Å². The number of hydrogen-bond acceptors (Lipinski definition) is 5. The largest absolute Gasteiger partial charge is 0.494 e. The smallest absolute Gasteiger partial charge is 0.207 e. The number of likely N-dealkylation sites (tertiary alicyclic amines) is 1. The van der Waals surface area contributed by atoms with Gasteiger partial charge in [0.2, 0.25) is 5.82 Å². The number of methoxy groups -OCH3 is 1. The lowest BCUT2D eigenvalue weighted by molar-refractivity contribution is 0.353. The van der Waals surface area contributed by atoms with E-state index in [4.69, 9.17) is 26.2 Å². The average molecular weight is 479 g/mol. The summed E-state index contributed by atoms with van der Waals surface area (Å²) in [6.45, 7) is 6.58. The first kappa shape index (κ1) is 22.4. The van der Waals surface area contributed by atoms with Crippen molar-refractivity contribution in [2.24, 2.45) is 0 Å². The Morgan fingerprint density at radius 1 is 1.18 bits per heavy atom. The van der Waals surface area contributed by atoms with Gasteiger partial charge in [0.15, 0.2) is 11.5 Å². The molecule has 1 fully saturated rings. The molecule has 0 bridgehead atoms. The number of benzene rings is 2. The van der Waals surface area contributed by atoms with Gasteiger partial charge >= 0.3 is 0 Å². The van der Waals surface area contributed by atoms with Crippen LogP contribution in [0.5, 0.6) is 17.2 Å². The van der Waals surface area contributed by atoms with Gasteiger partial charge in [0, 0.05) is 43.0 Å². The number of halogens is 2. The highest BCUT2D eigenvalue weighted by atomic mass is 35.5. The molecule has 8 heteroatoms. The third-order valence-electron chi connectivity index (χ3n) is 6.05. The third kappa shape index (κ3) is 4.13. The lowest BCUT2D eigenvalue weighted by Crippen LogP contribution is -2.21. The molecule has 2 aromatic heterocycles. The van der Waals surface area contributed by atoms with E-state index in [0.29, 0.717) is 10.8 Å². The van der Waals surface area contributed by atoms with Crippen LogP contribution in [-0.4, -0.2) is 46.4 Å². The summed E-state index contributed by atoms with van der Waals surface area (Å²) in [5.74, 6) is 0.199. The van der Waals surface area contributed by atoms with Gasteiger partial charge in [-0.1, -0.05) is 23.7 Å². The van der Waals surface area contributed by atoms with Crippen LogP contribution < -0.4 is 9.47 Å². The standard InChI is InChI=1S/C26H24ClFN4O2/c1-3-12-31-13-11-18(16-31)32-26-20(14-29-15-21(26)27)25(30-32)17-7-9-19(10-8-17)34-23-6-4-5-22(33-2)24(23)28/h3-10,14-15,18H,1,11-13,16H2,2H3/t18-/m1/s1. The van der Waals surface area contributed by atoms with Gasteiger partial charge in [-0.2, -0.15) is 9.49 Å². The highest BCUT2D eigenvalue weighted by Crippen LogP contribution is 2.36. The van der Waals surface area contributed by atoms with E-state index in [0.717, 1.165) is 48.2 Å². The molecule has 0 unspecified atom stereocenters. The van der Waals surface area contributed by atoms with Crippen molar-refractivity contribution in [3.63, 3.8) is 0 Å². The zero-order chi connectivity index (χ0) is 23.7. The molecule has 0 N–H and O–H groups in total. The summed E-state index contributed by atoms with van der Waals surface area (Å²) >= 11 is 6.58. The monoisotopic (exact) mass is 478 g/mol. The van der Waals surface area contributed by atoms with Crippen LogP contribution in [0.25, 0.3) is 22.2 Å². The lowest BCUT2D eigenvalue weighted by Gasteiger charge is -2.15. The summed E-state index contributed by atoms with van der Waals surface area (Å²) in [4.78, 5) is 6.65. The molecule has 2 aromatic carbocycles. The molecule has 1 aliphatic heterocycles. The lowest BCUT2D eigenvalue weighted by atomic mass is 10.1. The zero-order valence-corrected chi connectivity index (χ0v) is 19.5. The van der Waals surface area contributed by atoms with Crippen molar-refractivity contribution in [1.29, 1.82) is 0 Å². The third-order valence-corrected chi connectivity index (χ3v) is 6.33. The first-order chi connectivity index (χ1) is 16.6. The minimum atomic E-state index is -0.540. The van der Waals surface area contributed by atoms with E-state index in [-0.39, 0.29) is 17.5 Å². The van der Waals surface area contributed by atoms with Gasteiger partial charge in [0.05, 0.1) is 23.7 Å². The first-order valence-electron chi connectivity index (χ1n) is 11.0. The number of ether oxygens (including phenoxy) is 2. The van der Waals surface area contributed by atoms with Crippen LogP contribution in [-0.2, 0) is 0 Å². The molecule has 0 spiro atoms. The van der Waals surface area contributed by atoms with E-state index in [2.05, 4.69) is 16.5 Å². The van der Waals surface area contributed by atoms with Crippen molar-refractivity contribution in [3.8, 4) is 28.5 Å². The summed E-state index contributed by atoms with van der Waals surface area (Å²) in [6.07, 6.45) is 6.36. The predicted octanol–water partition coefficient (Wildman–Crippen LogP) is 6.12. The molecule has 0 saturated carbocycles. The fourth-order valence-electron chi connectivity index (χ4n) is 4.42. The van der Waals surface area contributed by atoms with Gasteiger partial charge in [-0.3, -0.25) is 14.6 Å². The normalized spacial score (nSPS) is 16.1. The topological polar surface area (TPSA) is 52.4 Å². The van der Waals surface area contributed by atoms with Crippen LogP contribution in [0.4, 0.5) is 4.39 Å². The fourth-order valence-corrected chi connectivity index (χ4v) is 4.66. The number of aromatic nitrogens is 3. The van der Waals surface area contributed by atoms with Crippen LogP contribution in [0.15, 0.2) is 67.5 Å². The summed E-state index contributed by atoms with van der Waals surface area (Å²) in [6, 6.07) is 12.4. The Morgan fingerprint density at radius 2 is 1.97 bits per heavy atom. The van der Waals surface area contributed by atoms with Gasteiger partial charge in [-0.15, -0.1) is 6.58 Å². The molecular weight excluding hydrogens is 455 g/mol. The summed E-state index contributed by atoms with van der Waals surface area (Å²) in [5.41, 5.74) is 2.58. The van der Waals surface area contributed by atoms with Gasteiger partial charge in [-0.25, -0.2) is 0 Å². The Labute approximate surface area is 202 Å². The molecule has 34 heavy (non-hydrogen) atoms. The van der Waals surface area contributed by atoms with Crippen molar-refractivity contribution in [2.75, 3.05) is 26.7 Å². The number of nitrogens with zero attached hydrogens (tertiary/aromatic N) is 4. The molecule has 0 radical (unpaired) electrons. The molecule has 4 aromatic rings. The second kappa shape index (κ2) is 9.44. The van der Waals surface area contributed by atoms with E-state index >= 15 is 0 Å². The Hall–Kier alpha value is -3.42. The van der Waals surface area contributed by atoms with Gasteiger partial charge in [0.25, 0.3) is 0 Å².